The molecule has 0 amide bonds. The van der Waals surface area contributed by atoms with E-state index >= 15 is 0 Å². The lowest BCUT2D eigenvalue weighted by Crippen LogP contribution is -2.12. The number of rotatable bonds is 3. The highest BCUT2D eigenvalue weighted by Crippen LogP contribution is 2.30. The summed E-state index contributed by atoms with van der Waals surface area (Å²) in [7, 11) is 0. The number of benzene rings is 1. The summed E-state index contributed by atoms with van der Waals surface area (Å²) < 4.78 is 54.5. The van der Waals surface area contributed by atoms with Crippen molar-refractivity contribution in [3.63, 3.8) is 0 Å². The van der Waals surface area contributed by atoms with Gasteiger partial charge in [0.15, 0.2) is 0 Å². The van der Waals surface area contributed by atoms with E-state index in [2.05, 4.69) is 4.74 Å². The third-order valence-corrected chi connectivity index (χ3v) is 2.02. The van der Waals surface area contributed by atoms with Crippen LogP contribution in [0.25, 0.3) is 0 Å². The summed E-state index contributed by atoms with van der Waals surface area (Å²) in [6.07, 6.45) is -6.54. The SMILES string of the molecule is CCOC(=O)[C@@H](F)c1ccc(C(F)(F)F)cc1. The number of carbonyl (C=O) groups excluding carboxylic acids is 1. The first-order valence-corrected chi connectivity index (χ1v) is 4.84. The van der Waals surface area contributed by atoms with Crippen LogP contribution in [-0.2, 0) is 15.7 Å². The minimum Gasteiger partial charge on any atom is -0.464 e. The van der Waals surface area contributed by atoms with Crippen molar-refractivity contribution in [2.45, 2.75) is 19.3 Å². The van der Waals surface area contributed by atoms with Crippen LogP contribution in [-0.4, -0.2) is 12.6 Å². The molecule has 0 fully saturated rings. The van der Waals surface area contributed by atoms with E-state index in [9.17, 15) is 22.4 Å². The van der Waals surface area contributed by atoms with Crippen LogP contribution in [0.4, 0.5) is 17.6 Å². The molecular weight excluding hydrogens is 240 g/mol. The molecule has 0 unspecified atom stereocenters. The van der Waals surface area contributed by atoms with Gasteiger partial charge in [-0.15, -0.1) is 0 Å². The van der Waals surface area contributed by atoms with Crippen LogP contribution in [0.1, 0.15) is 24.2 Å². The van der Waals surface area contributed by atoms with E-state index in [4.69, 9.17) is 0 Å². The van der Waals surface area contributed by atoms with E-state index in [1.54, 1.807) is 0 Å². The fourth-order valence-corrected chi connectivity index (χ4v) is 1.19. The van der Waals surface area contributed by atoms with Gasteiger partial charge < -0.3 is 4.74 Å². The molecule has 0 aromatic heterocycles. The molecule has 1 aromatic rings. The summed E-state index contributed by atoms with van der Waals surface area (Å²) in [5.74, 6) is -1.10. The van der Waals surface area contributed by atoms with Gasteiger partial charge in [0.05, 0.1) is 12.2 Å². The molecule has 0 saturated heterocycles. The first-order chi connectivity index (χ1) is 7.86. The average Bonchev–Trinajstić information content (AvgIpc) is 2.27. The Morgan fingerprint density at radius 3 is 2.24 bits per heavy atom. The highest BCUT2D eigenvalue weighted by Gasteiger charge is 2.30. The van der Waals surface area contributed by atoms with Crippen LogP contribution in [0.15, 0.2) is 24.3 Å². The Kier molecular flexibility index (Phi) is 4.09. The summed E-state index contributed by atoms with van der Waals surface area (Å²) in [5.41, 5.74) is -1.05. The largest absolute Gasteiger partial charge is 0.464 e. The van der Waals surface area contributed by atoms with Crippen molar-refractivity contribution in [1.82, 2.24) is 0 Å². The lowest BCUT2D eigenvalue weighted by Gasteiger charge is -2.10. The predicted molar refractivity (Wildman–Crippen MR) is 51.9 cm³/mol. The van der Waals surface area contributed by atoms with Gasteiger partial charge >= 0.3 is 12.1 Å². The number of halogens is 4. The van der Waals surface area contributed by atoms with Gasteiger partial charge in [-0.3, -0.25) is 0 Å². The Bertz CT molecular complexity index is 383. The van der Waals surface area contributed by atoms with E-state index in [0.29, 0.717) is 0 Å². The molecule has 0 aliphatic heterocycles. The first-order valence-electron chi connectivity index (χ1n) is 4.84. The van der Waals surface area contributed by atoms with Gasteiger partial charge in [0.1, 0.15) is 0 Å². The third kappa shape index (κ3) is 3.44. The smallest absolute Gasteiger partial charge is 0.416 e. The molecule has 94 valence electrons. The molecule has 0 bridgehead atoms. The van der Waals surface area contributed by atoms with Gasteiger partial charge in [0.2, 0.25) is 6.17 Å². The van der Waals surface area contributed by atoms with Crippen LogP contribution in [0.2, 0.25) is 0 Å². The summed E-state index contributed by atoms with van der Waals surface area (Å²) in [6.45, 7) is 1.53. The lowest BCUT2D eigenvalue weighted by molar-refractivity contribution is -0.149. The summed E-state index contributed by atoms with van der Waals surface area (Å²) in [6, 6.07) is 3.29. The Morgan fingerprint density at radius 2 is 1.82 bits per heavy atom. The van der Waals surface area contributed by atoms with Gasteiger partial charge in [-0.05, 0) is 24.6 Å². The topological polar surface area (TPSA) is 26.3 Å². The van der Waals surface area contributed by atoms with Crippen molar-refractivity contribution in [3.05, 3.63) is 35.4 Å². The van der Waals surface area contributed by atoms with Crippen molar-refractivity contribution in [3.8, 4) is 0 Å². The number of ether oxygens (including phenoxy) is 1. The van der Waals surface area contributed by atoms with E-state index in [0.717, 1.165) is 24.3 Å². The maximum atomic E-state index is 13.4. The van der Waals surface area contributed by atoms with E-state index in [1.807, 2.05) is 0 Å². The number of hydrogen-bond acceptors (Lipinski definition) is 2. The predicted octanol–water partition coefficient (Wildman–Crippen LogP) is 3.28. The number of hydrogen-bond donors (Lipinski definition) is 0. The summed E-state index contributed by atoms with van der Waals surface area (Å²) in [5, 5.41) is 0. The molecule has 1 aromatic carbocycles. The molecular formula is C11H10F4O2. The molecule has 17 heavy (non-hydrogen) atoms. The van der Waals surface area contributed by atoms with Crippen LogP contribution in [0, 0.1) is 0 Å². The second-order valence-corrected chi connectivity index (χ2v) is 3.23. The Morgan fingerprint density at radius 1 is 1.29 bits per heavy atom. The standard InChI is InChI=1S/C11H10F4O2/c1-2-17-10(16)9(12)7-3-5-8(6-4-7)11(13,14)15/h3-6,9H,2H2,1H3/t9-/m0/s1. The van der Waals surface area contributed by atoms with Crippen LogP contribution in [0.3, 0.4) is 0 Å². The second kappa shape index (κ2) is 5.16. The van der Waals surface area contributed by atoms with E-state index < -0.39 is 23.9 Å². The zero-order valence-corrected chi connectivity index (χ0v) is 8.92. The molecule has 2 nitrogen and oxygen atoms in total. The minimum absolute atomic E-state index is 0.0138. The highest BCUT2D eigenvalue weighted by molar-refractivity contribution is 5.76. The van der Waals surface area contributed by atoms with Crippen molar-refractivity contribution in [1.29, 1.82) is 0 Å². The number of carbonyl (C=O) groups is 1. The van der Waals surface area contributed by atoms with Gasteiger partial charge in [0, 0.05) is 0 Å². The highest BCUT2D eigenvalue weighted by atomic mass is 19.4. The molecule has 0 heterocycles. The molecule has 0 spiro atoms. The monoisotopic (exact) mass is 250 g/mol. The van der Waals surface area contributed by atoms with E-state index in [-0.39, 0.29) is 12.2 Å². The number of alkyl halides is 4. The van der Waals surface area contributed by atoms with Gasteiger partial charge in [0.25, 0.3) is 0 Å². The second-order valence-electron chi connectivity index (χ2n) is 3.23. The van der Waals surface area contributed by atoms with Gasteiger partial charge in [-0.25, -0.2) is 9.18 Å². The Balaban J connectivity index is 2.84. The molecule has 0 N–H and O–H groups in total. The van der Waals surface area contributed by atoms with Crippen LogP contribution in [0.5, 0.6) is 0 Å². The molecule has 1 rings (SSSR count). The van der Waals surface area contributed by atoms with Crippen molar-refractivity contribution in [2.75, 3.05) is 6.61 Å². The molecule has 6 heteroatoms. The number of esters is 1. The maximum absolute atomic E-state index is 13.4. The lowest BCUT2D eigenvalue weighted by atomic mass is 10.1. The van der Waals surface area contributed by atoms with E-state index in [1.165, 1.54) is 6.92 Å². The summed E-state index contributed by atoms with van der Waals surface area (Å²) in [4.78, 5) is 11.0. The summed E-state index contributed by atoms with van der Waals surface area (Å²) >= 11 is 0. The average molecular weight is 250 g/mol. The Hall–Kier alpha value is -1.59. The van der Waals surface area contributed by atoms with Crippen molar-refractivity contribution < 1.29 is 27.1 Å². The fourth-order valence-electron chi connectivity index (χ4n) is 1.19. The normalized spacial score (nSPS) is 13.2. The van der Waals surface area contributed by atoms with Crippen molar-refractivity contribution >= 4 is 5.97 Å². The van der Waals surface area contributed by atoms with Gasteiger partial charge in [-0.1, -0.05) is 12.1 Å². The molecule has 0 radical (unpaired) electrons. The van der Waals surface area contributed by atoms with Crippen LogP contribution < -0.4 is 0 Å². The molecule has 0 aliphatic rings. The zero-order chi connectivity index (χ0) is 13.1. The zero-order valence-electron chi connectivity index (χ0n) is 8.92. The fraction of sp³-hybridized carbons (Fsp3) is 0.364. The van der Waals surface area contributed by atoms with Gasteiger partial charge in [-0.2, -0.15) is 13.2 Å². The van der Waals surface area contributed by atoms with Crippen LogP contribution >= 0.6 is 0 Å². The quantitative estimate of drug-likeness (QED) is 0.607. The molecule has 0 saturated carbocycles. The molecule has 0 aliphatic carbocycles. The third-order valence-electron chi connectivity index (χ3n) is 2.02. The Labute approximate surface area is 95.2 Å². The van der Waals surface area contributed by atoms with Crippen molar-refractivity contribution in [2.24, 2.45) is 0 Å². The minimum atomic E-state index is -4.48. The molecule has 1 atom stereocenters. The maximum Gasteiger partial charge on any atom is 0.416 e. The first kappa shape index (κ1) is 13.5.